The van der Waals surface area contributed by atoms with Crippen molar-refractivity contribution >= 4 is 5.91 Å². The maximum absolute atomic E-state index is 11.8. The summed E-state index contributed by atoms with van der Waals surface area (Å²) in [5.41, 5.74) is 5.58. The van der Waals surface area contributed by atoms with Crippen molar-refractivity contribution in [2.75, 3.05) is 13.1 Å². The van der Waals surface area contributed by atoms with Gasteiger partial charge in [0.15, 0.2) is 0 Å². The minimum absolute atomic E-state index is 0.274. The molecule has 0 aromatic heterocycles. The van der Waals surface area contributed by atoms with Crippen LogP contribution >= 0.6 is 0 Å². The van der Waals surface area contributed by atoms with Crippen molar-refractivity contribution in [2.45, 2.75) is 51.9 Å². The fourth-order valence-corrected chi connectivity index (χ4v) is 2.57. The molecule has 3 N–H and O–H groups in total. The maximum atomic E-state index is 11.8. The van der Waals surface area contributed by atoms with Gasteiger partial charge in [0.25, 0.3) is 0 Å². The molecule has 0 aliphatic heterocycles. The molecule has 0 bridgehead atoms. The van der Waals surface area contributed by atoms with E-state index in [9.17, 15) is 4.79 Å². The predicted octanol–water partition coefficient (Wildman–Crippen LogP) is 2.06. The van der Waals surface area contributed by atoms with Gasteiger partial charge in [0, 0.05) is 12.5 Å². The molecular formula is C13H26N2O. The Kier molecular flexibility index (Phi) is 6.46. The molecule has 1 amide bonds. The molecule has 94 valence electrons. The minimum atomic E-state index is 0.274. The van der Waals surface area contributed by atoms with Crippen LogP contribution in [0, 0.1) is 11.8 Å². The van der Waals surface area contributed by atoms with E-state index in [0.717, 1.165) is 32.4 Å². The first-order chi connectivity index (χ1) is 7.77. The van der Waals surface area contributed by atoms with Crippen LogP contribution in [-0.2, 0) is 4.79 Å². The van der Waals surface area contributed by atoms with Crippen molar-refractivity contribution in [1.82, 2.24) is 5.32 Å². The molecule has 1 rings (SSSR count). The monoisotopic (exact) mass is 226 g/mol. The summed E-state index contributed by atoms with van der Waals surface area (Å²) in [5.74, 6) is 1.14. The molecule has 1 atom stereocenters. The van der Waals surface area contributed by atoms with Gasteiger partial charge in [-0.05, 0) is 38.1 Å². The number of nitrogens with one attached hydrogen (secondary N) is 1. The van der Waals surface area contributed by atoms with E-state index in [1.54, 1.807) is 0 Å². The molecule has 3 heteroatoms. The molecule has 1 aliphatic carbocycles. The third-order valence-corrected chi connectivity index (χ3v) is 3.56. The highest BCUT2D eigenvalue weighted by Crippen LogP contribution is 2.24. The molecule has 1 fully saturated rings. The highest BCUT2D eigenvalue weighted by Gasteiger charge is 2.22. The van der Waals surface area contributed by atoms with Gasteiger partial charge in [0.1, 0.15) is 0 Å². The molecule has 0 heterocycles. The summed E-state index contributed by atoms with van der Waals surface area (Å²) in [5, 5.41) is 3.10. The second-order valence-electron chi connectivity index (χ2n) is 4.96. The summed E-state index contributed by atoms with van der Waals surface area (Å²) in [6.07, 6.45) is 7.98. The predicted molar refractivity (Wildman–Crippen MR) is 67.0 cm³/mol. The van der Waals surface area contributed by atoms with Gasteiger partial charge in [-0.2, -0.15) is 0 Å². The minimum Gasteiger partial charge on any atom is -0.356 e. The number of carbonyl (C=O) groups is 1. The summed E-state index contributed by atoms with van der Waals surface area (Å²) in [6.45, 7) is 3.73. The number of nitrogens with two attached hydrogens (primary N) is 1. The van der Waals surface area contributed by atoms with Crippen LogP contribution in [0.4, 0.5) is 0 Å². The van der Waals surface area contributed by atoms with Gasteiger partial charge in [0.05, 0.1) is 0 Å². The highest BCUT2D eigenvalue weighted by molar-refractivity contribution is 5.78. The summed E-state index contributed by atoms with van der Waals surface area (Å²) >= 11 is 0. The second kappa shape index (κ2) is 7.66. The van der Waals surface area contributed by atoms with Crippen LogP contribution in [0.2, 0.25) is 0 Å². The number of hydrogen-bond acceptors (Lipinski definition) is 2. The Morgan fingerprint density at radius 3 is 2.62 bits per heavy atom. The van der Waals surface area contributed by atoms with Crippen molar-refractivity contribution < 1.29 is 4.79 Å². The van der Waals surface area contributed by atoms with E-state index in [1.165, 1.54) is 25.7 Å². The van der Waals surface area contributed by atoms with Gasteiger partial charge in [-0.25, -0.2) is 0 Å². The van der Waals surface area contributed by atoms with Gasteiger partial charge in [-0.3, -0.25) is 4.79 Å². The SMILES string of the molecule is CCCC(CCN)CNC(=O)C1CCCC1. The van der Waals surface area contributed by atoms with Crippen molar-refractivity contribution in [3.8, 4) is 0 Å². The molecule has 1 unspecified atom stereocenters. The molecule has 1 aliphatic rings. The standard InChI is InChI=1S/C13H26N2O/c1-2-5-11(8-9-14)10-15-13(16)12-6-3-4-7-12/h11-12H,2-10,14H2,1H3,(H,15,16). The second-order valence-corrected chi connectivity index (χ2v) is 4.96. The largest absolute Gasteiger partial charge is 0.356 e. The Bertz CT molecular complexity index is 194. The van der Waals surface area contributed by atoms with Crippen LogP contribution in [0.15, 0.2) is 0 Å². The normalized spacial score (nSPS) is 18.6. The molecule has 1 saturated carbocycles. The number of rotatable bonds is 7. The van der Waals surface area contributed by atoms with Crippen molar-refractivity contribution in [3.05, 3.63) is 0 Å². The summed E-state index contributed by atoms with van der Waals surface area (Å²) in [7, 11) is 0. The lowest BCUT2D eigenvalue weighted by atomic mass is 9.99. The zero-order valence-corrected chi connectivity index (χ0v) is 10.5. The smallest absolute Gasteiger partial charge is 0.223 e. The lowest BCUT2D eigenvalue weighted by Crippen LogP contribution is -2.34. The first kappa shape index (κ1) is 13.5. The van der Waals surface area contributed by atoms with E-state index in [2.05, 4.69) is 12.2 Å². The molecular weight excluding hydrogens is 200 g/mol. The van der Waals surface area contributed by atoms with Crippen molar-refractivity contribution in [2.24, 2.45) is 17.6 Å². The Morgan fingerprint density at radius 2 is 2.06 bits per heavy atom. The highest BCUT2D eigenvalue weighted by atomic mass is 16.1. The van der Waals surface area contributed by atoms with E-state index in [0.29, 0.717) is 11.8 Å². The van der Waals surface area contributed by atoms with E-state index in [1.807, 2.05) is 0 Å². The first-order valence-electron chi connectivity index (χ1n) is 6.75. The Labute approximate surface area is 99.2 Å². The van der Waals surface area contributed by atoms with Crippen LogP contribution in [0.5, 0.6) is 0 Å². The van der Waals surface area contributed by atoms with Crippen LogP contribution in [0.25, 0.3) is 0 Å². The Hall–Kier alpha value is -0.570. The van der Waals surface area contributed by atoms with E-state index in [-0.39, 0.29) is 5.91 Å². The van der Waals surface area contributed by atoms with Crippen LogP contribution in [0.3, 0.4) is 0 Å². The van der Waals surface area contributed by atoms with Gasteiger partial charge in [0.2, 0.25) is 5.91 Å². The third kappa shape index (κ3) is 4.52. The number of carbonyl (C=O) groups excluding carboxylic acids is 1. The molecule has 16 heavy (non-hydrogen) atoms. The lowest BCUT2D eigenvalue weighted by Gasteiger charge is -2.17. The topological polar surface area (TPSA) is 55.1 Å². The summed E-state index contributed by atoms with van der Waals surface area (Å²) in [4.78, 5) is 11.8. The van der Waals surface area contributed by atoms with Gasteiger partial charge < -0.3 is 11.1 Å². The van der Waals surface area contributed by atoms with Gasteiger partial charge in [-0.15, -0.1) is 0 Å². The Morgan fingerprint density at radius 1 is 1.38 bits per heavy atom. The summed E-state index contributed by atoms with van der Waals surface area (Å²) < 4.78 is 0. The fourth-order valence-electron chi connectivity index (χ4n) is 2.57. The average molecular weight is 226 g/mol. The van der Waals surface area contributed by atoms with Crippen molar-refractivity contribution in [3.63, 3.8) is 0 Å². The van der Waals surface area contributed by atoms with E-state index in [4.69, 9.17) is 5.73 Å². The van der Waals surface area contributed by atoms with Gasteiger partial charge >= 0.3 is 0 Å². The molecule has 0 aromatic rings. The quantitative estimate of drug-likeness (QED) is 0.698. The van der Waals surface area contributed by atoms with E-state index >= 15 is 0 Å². The average Bonchev–Trinajstić information content (AvgIpc) is 2.79. The molecule has 0 saturated heterocycles. The van der Waals surface area contributed by atoms with Crippen molar-refractivity contribution in [1.29, 1.82) is 0 Å². The zero-order chi connectivity index (χ0) is 11.8. The maximum Gasteiger partial charge on any atom is 0.223 e. The van der Waals surface area contributed by atoms with Gasteiger partial charge in [-0.1, -0.05) is 26.2 Å². The zero-order valence-electron chi connectivity index (χ0n) is 10.5. The number of amides is 1. The third-order valence-electron chi connectivity index (χ3n) is 3.56. The number of hydrogen-bond donors (Lipinski definition) is 2. The van der Waals surface area contributed by atoms with Crippen LogP contribution in [-0.4, -0.2) is 19.0 Å². The van der Waals surface area contributed by atoms with E-state index < -0.39 is 0 Å². The van der Waals surface area contributed by atoms with Crippen LogP contribution < -0.4 is 11.1 Å². The molecule has 0 aromatic carbocycles. The molecule has 3 nitrogen and oxygen atoms in total. The molecule has 0 spiro atoms. The summed E-state index contributed by atoms with van der Waals surface area (Å²) in [6, 6.07) is 0. The first-order valence-corrected chi connectivity index (χ1v) is 6.75. The Balaban J connectivity index is 2.21. The fraction of sp³-hybridized carbons (Fsp3) is 0.923. The lowest BCUT2D eigenvalue weighted by molar-refractivity contribution is -0.125. The molecule has 0 radical (unpaired) electrons. The van der Waals surface area contributed by atoms with Crippen LogP contribution in [0.1, 0.15) is 51.9 Å².